The van der Waals surface area contributed by atoms with Gasteiger partial charge in [0.25, 0.3) is 0 Å². The largest absolute Gasteiger partial charge is 0.467 e. The molecule has 0 aromatic rings. The van der Waals surface area contributed by atoms with Gasteiger partial charge in [-0.25, -0.2) is 9.59 Å². The van der Waals surface area contributed by atoms with Gasteiger partial charge in [-0.1, -0.05) is 6.92 Å². The van der Waals surface area contributed by atoms with E-state index in [0.717, 1.165) is 13.5 Å². The minimum Gasteiger partial charge on any atom is -0.467 e. The van der Waals surface area contributed by atoms with Crippen molar-refractivity contribution in [2.24, 2.45) is 0 Å². The third-order valence-corrected chi connectivity index (χ3v) is 3.32. The standard InChI is InChI=1S/C16H30O10/c1-3-11(17)8-24-6-4-5-7-25-9-12(18)10-26-16(22)14(20)13(19)15(21)23-2/h11-14,17-20H,3-10H2,1-2H3. The van der Waals surface area contributed by atoms with E-state index >= 15 is 0 Å². The summed E-state index contributed by atoms with van der Waals surface area (Å²) >= 11 is 0. The number of carbonyl (C=O) groups is 2. The maximum atomic E-state index is 11.4. The highest BCUT2D eigenvalue weighted by Gasteiger charge is 2.32. The third kappa shape index (κ3) is 11.3. The number of esters is 2. The van der Waals surface area contributed by atoms with Gasteiger partial charge in [0.05, 0.1) is 26.4 Å². The van der Waals surface area contributed by atoms with Crippen LogP contribution in [0.15, 0.2) is 0 Å². The lowest BCUT2D eigenvalue weighted by molar-refractivity contribution is -0.173. The van der Waals surface area contributed by atoms with Crippen LogP contribution >= 0.6 is 0 Å². The lowest BCUT2D eigenvalue weighted by Crippen LogP contribution is -2.42. The molecule has 4 unspecified atom stereocenters. The first-order valence-corrected chi connectivity index (χ1v) is 8.45. The highest BCUT2D eigenvalue weighted by molar-refractivity contribution is 5.85. The molecular formula is C16H30O10. The first-order valence-electron chi connectivity index (χ1n) is 8.45. The van der Waals surface area contributed by atoms with E-state index in [1.54, 1.807) is 0 Å². The summed E-state index contributed by atoms with van der Waals surface area (Å²) in [5, 5.41) is 37.6. The Morgan fingerprint density at radius 2 is 1.31 bits per heavy atom. The van der Waals surface area contributed by atoms with Crippen LogP contribution in [0.5, 0.6) is 0 Å². The Bertz CT molecular complexity index is 389. The number of unbranched alkanes of at least 4 members (excludes halogenated alkanes) is 1. The molecule has 10 heteroatoms. The normalized spacial score (nSPS) is 15.8. The fourth-order valence-electron chi connectivity index (χ4n) is 1.66. The topological polar surface area (TPSA) is 152 Å². The molecular weight excluding hydrogens is 352 g/mol. The van der Waals surface area contributed by atoms with E-state index in [1.807, 2.05) is 6.92 Å². The number of hydrogen-bond donors (Lipinski definition) is 4. The van der Waals surface area contributed by atoms with Crippen molar-refractivity contribution in [1.82, 2.24) is 0 Å². The second kappa shape index (κ2) is 14.8. The number of rotatable bonds is 15. The van der Waals surface area contributed by atoms with Crippen LogP contribution in [0.1, 0.15) is 26.2 Å². The van der Waals surface area contributed by atoms with Crippen LogP contribution in [-0.2, 0) is 28.5 Å². The summed E-state index contributed by atoms with van der Waals surface area (Å²) in [5.41, 5.74) is 0. The molecule has 0 aliphatic rings. The average Bonchev–Trinajstić information content (AvgIpc) is 2.65. The molecule has 4 N–H and O–H groups in total. The van der Waals surface area contributed by atoms with E-state index in [-0.39, 0.29) is 6.61 Å². The minimum absolute atomic E-state index is 0.0850. The smallest absolute Gasteiger partial charge is 0.338 e. The second-order valence-electron chi connectivity index (χ2n) is 5.62. The van der Waals surface area contributed by atoms with Crippen LogP contribution in [0, 0.1) is 0 Å². The van der Waals surface area contributed by atoms with Crippen molar-refractivity contribution >= 4 is 11.9 Å². The Balaban J connectivity index is 3.69. The summed E-state index contributed by atoms with van der Waals surface area (Å²) in [5.74, 6) is -2.43. The lowest BCUT2D eigenvalue weighted by Gasteiger charge is -2.16. The van der Waals surface area contributed by atoms with Gasteiger partial charge in [-0.05, 0) is 19.3 Å². The number of aliphatic hydroxyl groups excluding tert-OH is 4. The average molecular weight is 382 g/mol. The lowest BCUT2D eigenvalue weighted by atomic mass is 10.2. The number of methoxy groups -OCH3 is 1. The van der Waals surface area contributed by atoms with E-state index in [0.29, 0.717) is 32.7 Å². The molecule has 0 heterocycles. The van der Waals surface area contributed by atoms with Gasteiger partial charge in [-0.3, -0.25) is 0 Å². The second-order valence-corrected chi connectivity index (χ2v) is 5.62. The Labute approximate surface area is 152 Å². The van der Waals surface area contributed by atoms with Gasteiger partial charge >= 0.3 is 11.9 Å². The van der Waals surface area contributed by atoms with Crippen molar-refractivity contribution in [2.75, 3.05) is 40.1 Å². The van der Waals surface area contributed by atoms with Crippen LogP contribution in [-0.4, -0.2) is 96.9 Å². The van der Waals surface area contributed by atoms with Crippen molar-refractivity contribution < 1.29 is 49.0 Å². The Morgan fingerprint density at radius 3 is 1.81 bits per heavy atom. The SMILES string of the molecule is CCC(O)COCCCCOCC(O)COC(=O)C(O)C(O)C(=O)OC. The molecule has 0 fully saturated rings. The first kappa shape index (κ1) is 24.7. The van der Waals surface area contributed by atoms with Gasteiger partial charge in [0.2, 0.25) is 0 Å². The van der Waals surface area contributed by atoms with Gasteiger partial charge in [0.15, 0.2) is 12.2 Å². The third-order valence-electron chi connectivity index (χ3n) is 3.32. The molecule has 0 amide bonds. The molecule has 0 saturated heterocycles. The van der Waals surface area contributed by atoms with Gasteiger partial charge < -0.3 is 39.4 Å². The Kier molecular flexibility index (Phi) is 14.1. The molecule has 0 aliphatic heterocycles. The van der Waals surface area contributed by atoms with E-state index < -0.39 is 43.0 Å². The summed E-state index contributed by atoms with van der Waals surface area (Å²) in [6, 6.07) is 0. The van der Waals surface area contributed by atoms with Crippen LogP contribution in [0.4, 0.5) is 0 Å². The predicted molar refractivity (Wildman–Crippen MR) is 88.2 cm³/mol. The summed E-state index contributed by atoms with van der Waals surface area (Å²) in [6.45, 7) is 2.50. The molecule has 0 aromatic carbocycles. The van der Waals surface area contributed by atoms with Crippen LogP contribution in [0.2, 0.25) is 0 Å². The van der Waals surface area contributed by atoms with Gasteiger partial charge in [0.1, 0.15) is 12.7 Å². The molecule has 0 aliphatic carbocycles. The van der Waals surface area contributed by atoms with Crippen molar-refractivity contribution in [3.8, 4) is 0 Å². The van der Waals surface area contributed by atoms with E-state index in [2.05, 4.69) is 9.47 Å². The van der Waals surface area contributed by atoms with E-state index in [1.165, 1.54) is 0 Å². The maximum Gasteiger partial charge on any atom is 0.338 e. The zero-order valence-corrected chi connectivity index (χ0v) is 15.2. The van der Waals surface area contributed by atoms with E-state index in [4.69, 9.17) is 9.47 Å². The molecule has 154 valence electrons. The van der Waals surface area contributed by atoms with E-state index in [9.17, 15) is 30.0 Å². The monoisotopic (exact) mass is 382 g/mol. The Hall–Kier alpha value is -1.30. The summed E-state index contributed by atoms with van der Waals surface area (Å²) < 4.78 is 19.2. The van der Waals surface area contributed by atoms with Crippen LogP contribution < -0.4 is 0 Å². The highest BCUT2D eigenvalue weighted by Crippen LogP contribution is 2.01. The van der Waals surface area contributed by atoms with Crippen molar-refractivity contribution in [2.45, 2.75) is 50.6 Å². The zero-order valence-electron chi connectivity index (χ0n) is 15.2. The molecule has 26 heavy (non-hydrogen) atoms. The van der Waals surface area contributed by atoms with Crippen LogP contribution in [0.25, 0.3) is 0 Å². The van der Waals surface area contributed by atoms with Crippen molar-refractivity contribution in [3.05, 3.63) is 0 Å². The quantitative estimate of drug-likeness (QED) is 0.192. The number of aliphatic hydroxyl groups is 4. The van der Waals surface area contributed by atoms with Gasteiger partial charge in [-0.15, -0.1) is 0 Å². The molecule has 0 spiro atoms. The number of hydrogen-bond acceptors (Lipinski definition) is 10. The molecule has 0 rings (SSSR count). The molecule has 10 nitrogen and oxygen atoms in total. The summed E-state index contributed by atoms with van der Waals surface area (Å²) in [7, 11) is 0.991. The van der Waals surface area contributed by atoms with Crippen LogP contribution in [0.3, 0.4) is 0 Å². The molecule has 0 aromatic heterocycles. The predicted octanol–water partition coefficient (Wildman–Crippen LogP) is -1.63. The fraction of sp³-hybridized carbons (Fsp3) is 0.875. The molecule has 0 radical (unpaired) electrons. The molecule has 4 atom stereocenters. The summed E-state index contributed by atoms with van der Waals surface area (Å²) in [6.07, 6.45) is -3.64. The molecule has 0 bridgehead atoms. The zero-order chi connectivity index (χ0) is 19.9. The highest BCUT2D eigenvalue weighted by atomic mass is 16.6. The maximum absolute atomic E-state index is 11.4. The van der Waals surface area contributed by atoms with Crippen molar-refractivity contribution in [3.63, 3.8) is 0 Å². The van der Waals surface area contributed by atoms with Gasteiger partial charge in [-0.2, -0.15) is 0 Å². The Morgan fingerprint density at radius 1 is 0.808 bits per heavy atom. The molecule has 0 saturated carbocycles. The minimum atomic E-state index is -2.10. The summed E-state index contributed by atoms with van der Waals surface area (Å²) in [4.78, 5) is 22.4. The first-order chi connectivity index (χ1) is 12.3. The fourth-order valence-corrected chi connectivity index (χ4v) is 1.66. The van der Waals surface area contributed by atoms with Crippen molar-refractivity contribution in [1.29, 1.82) is 0 Å². The number of ether oxygens (including phenoxy) is 4. The number of carbonyl (C=O) groups excluding carboxylic acids is 2. The van der Waals surface area contributed by atoms with Gasteiger partial charge in [0, 0.05) is 13.2 Å².